The molecule has 0 bridgehead atoms. The molecular weight excluding hydrogens is 268 g/mol. The number of furan rings is 1. The molecule has 1 heterocycles. The third-order valence-corrected chi connectivity index (χ3v) is 3.69. The molecule has 1 fully saturated rings. The third kappa shape index (κ3) is 5.42. The number of rotatable bonds is 5. The first-order valence-electron chi connectivity index (χ1n) is 7.66. The van der Waals surface area contributed by atoms with Gasteiger partial charge in [-0.05, 0) is 51.7 Å². The zero-order valence-corrected chi connectivity index (χ0v) is 13.1. The van der Waals surface area contributed by atoms with E-state index < -0.39 is 5.60 Å². The Hall–Kier alpha value is -1.49. The van der Waals surface area contributed by atoms with Gasteiger partial charge in [0.25, 0.3) is 0 Å². The van der Waals surface area contributed by atoms with Crippen LogP contribution in [0.4, 0.5) is 4.79 Å². The van der Waals surface area contributed by atoms with Gasteiger partial charge in [-0.2, -0.15) is 0 Å². The molecule has 118 valence electrons. The zero-order valence-electron chi connectivity index (χ0n) is 13.1. The van der Waals surface area contributed by atoms with Crippen LogP contribution in [0.15, 0.2) is 22.8 Å². The molecule has 1 saturated carbocycles. The largest absolute Gasteiger partial charge is 0.468 e. The molecule has 5 heteroatoms. The Morgan fingerprint density at radius 2 is 2.24 bits per heavy atom. The van der Waals surface area contributed by atoms with Crippen LogP contribution < -0.4 is 10.6 Å². The van der Waals surface area contributed by atoms with Crippen molar-refractivity contribution >= 4 is 6.09 Å². The van der Waals surface area contributed by atoms with Crippen molar-refractivity contribution in [3.8, 4) is 0 Å². The molecule has 21 heavy (non-hydrogen) atoms. The summed E-state index contributed by atoms with van der Waals surface area (Å²) in [6.45, 7) is 7.01. The lowest BCUT2D eigenvalue weighted by Crippen LogP contribution is -2.40. The van der Waals surface area contributed by atoms with Gasteiger partial charge < -0.3 is 19.8 Å². The van der Waals surface area contributed by atoms with Crippen molar-refractivity contribution in [3.05, 3.63) is 24.2 Å². The highest BCUT2D eigenvalue weighted by Gasteiger charge is 2.28. The first-order chi connectivity index (χ1) is 9.94. The van der Waals surface area contributed by atoms with Gasteiger partial charge in [0.15, 0.2) is 0 Å². The summed E-state index contributed by atoms with van der Waals surface area (Å²) in [4.78, 5) is 11.7. The molecule has 2 rings (SSSR count). The number of hydrogen-bond acceptors (Lipinski definition) is 4. The Bertz CT molecular complexity index is 437. The summed E-state index contributed by atoms with van der Waals surface area (Å²) in [5.74, 6) is 1.40. The molecular formula is C16H26N2O3. The Morgan fingerprint density at radius 1 is 1.43 bits per heavy atom. The van der Waals surface area contributed by atoms with Gasteiger partial charge in [0, 0.05) is 12.6 Å². The second-order valence-corrected chi connectivity index (χ2v) is 6.64. The van der Waals surface area contributed by atoms with Crippen LogP contribution in [0.3, 0.4) is 0 Å². The predicted octanol–water partition coefficient (Wildman–Crippen LogP) is 3.06. The lowest BCUT2D eigenvalue weighted by Gasteiger charge is -2.23. The van der Waals surface area contributed by atoms with Crippen LogP contribution in [-0.4, -0.2) is 24.3 Å². The minimum Gasteiger partial charge on any atom is -0.468 e. The second kappa shape index (κ2) is 6.98. The van der Waals surface area contributed by atoms with E-state index in [0.29, 0.717) is 18.5 Å². The van der Waals surface area contributed by atoms with Gasteiger partial charge in [0.05, 0.1) is 12.8 Å². The van der Waals surface area contributed by atoms with E-state index >= 15 is 0 Å². The van der Waals surface area contributed by atoms with E-state index in [1.807, 2.05) is 32.9 Å². The Kier molecular flexibility index (Phi) is 5.28. The second-order valence-electron chi connectivity index (χ2n) is 6.64. The summed E-state index contributed by atoms with van der Waals surface area (Å²) in [6.07, 6.45) is 4.82. The number of hydrogen-bond donors (Lipinski definition) is 2. The summed E-state index contributed by atoms with van der Waals surface area (Å²) in [5, 5.41) is 6.40. The maximum atomic E-state index is 11.7. The van der Waals surface area contributed by atoms with Crippen LogP contribution in [0.2, 0.25) is 0 Å². The summed E-state index contributed by atoms with van der Waals surface area (Å²) in [5.41, 5.74) is -0.448. The molecule has 5 nitrogen and oxygen atoms in total. The average Bonchev–Trinajstić information content (AvgIpc) is 3.03. The van der Waals surface area contributed by atoms with E-state index in [2.05, 4.69) is 10.6 Å². The van der Waals surface area contributed by atoms with Crippen molar-refractivity contribution in [3.63, 3.8) is 0 Å². The van der Waals surface area contributed by atoms with Crippen LogP contribution in [0.25, 0.3) is 0 Å². The maximum Gasteiger partial charge on any atom is 0.407 e. The van der Waals surface area contributed by atoms with Crippen LogP contribution in [0.5, 0.6) is 0 Å². The van der Waals surface area contributed by atoms with Crippen molar-refractivity contribution in [2.24, 2.45) is 5.92 Å². The number of nitrogens with one attached hydrogen (secondary N) is 2. The molecule has 1 amide bonds. The molecule has 1 aromatic heterocycles. The minimum absolute atomic E-state index is 0.334. The summed E-state index contributed by atoms with van der Waals surface area (Å²) in [7, 11) is 0. The molecule has 1 aliphatic rings. The normalized spacial score (nSPS) is 22.2. The maximum absolute atomic E-state index is 11.7. The summed E-state index contributed by atoms with van der Waals surface area (Å²) in [6, 6.07) is 4.29. The monoisotopic (exact) mass is 294 g/mol. The highest BCUT2D eigenvalue weighted by molar-refractivity contribution is 5.67. The standard InChI is InChI=1S/C16H26N2O3/c1-16(2,3)21-15(19)18-10-12-6-4-8-14(12)17-11-13-7-5-9-20-13/h5,7,9,12,14,17H,4,6,8,10-11H2,1-3H3,(H,18,19). The first-order valence-corrected chi connectivity index (χ1v) is 7.66. The number of amides is 1. The molecule has 2 unspecified atom stereocenters. The van der Waals surface area contributed by atoms with Gasteiger partial charge in [-0.1, -0.05) is 6.42 Å². The van der Waals surface area contributed by atoms with Gasteiger partial charge in [-0.15, -0.1) is 0 Å². The predicted molar refractivity (Wildman–Crippen MR) is 80.9 cm³/mol. The molecule has 0 spiro atoms. The van der Waals surface area contributed by atoms with Gasteiger partial charge in [-0.3, -0.25) is 0 Å². The molecule has 0 aliphatic heterocycles. The SMILES string of the molecule is CC(C)(C)OC(=O)NCC1CCCC1NCc1ccco1. The molecule has 1 aromatic rings. The number of ether oxygens (including phenoxy) is 1. The number of alkyl carbamates (subject to hydrolysis) is 1. The Labute approximate surface area is 126 Å². The molecule has 0 radical (unpaired) electrons. The van der Waals surface area contributed by atoms with Gasteiger partial charge >= 0.3 is 6.09 Å². The van der Waals surface area contributed by atoms with Crippen LogP contribution >= 0.6 is 0 Å². The van der Waals surface area contributed by atoms with Gasteiger partial charge in [0.1, 0.15) is 11.4 Å². The van der Waals surface area contributed by atoms with Crippen LogP contribution in [0.1, 0.15) is 45.8 Å². The smallest absolute Gasteiger partial charge is 0.407 e. The molecule has 0 aromatic carbocycles. The molecule has 2 N–H and O–H groups in total. The van der Waals surface area contributed by atoms with Gasteiger partial charge in [0.2, 0.25) is 0 Å². The lowest BCUT2D eigenvalue weighted by atomic mass is 10.0. The first kappa shape index (κ1) is 15.9. The minimum atomic E-state index is -0.448. The number of carbonyl (C=O) groups excluding carboxylic acids is 1. The Balaban J connectivity index is 1.73. The summed E-state index contributed by atoms with van der Waals surface area (Å²) < 4.78 is 10.6. The number of carbonyl (C=O) groups is 1. The van der Waals surface area contributed by atoms with E-state index in [9.17, 15) is 4.79 Å². The molecule has 2 atom stereocenters. The van der Waals surface area contributed by atoms with E-state index in [-0.39, 0.29) is 6.09 Å². The third-order valence-electron chi connectivity index (χ3n) is 3.69. The zero-order chi connectivity index (χ0) is 15.3. The van der Waals surface area contributed by atoms with E-state index in [4.69, 9.17) is 9.15 Å². The summed E-state index contributed by atoms with van der Waals surface area (Å²) >= 11 is 0. The fraction of sp³-hybridized carbons (Fsp3) is 0.688. The van der Waals surface area contributed by atoms with Crippen molar-refractivity contribution in [2.45, 2.75) is 58.2 Å². The highest BCUT2D eigenvalue weighted by atomic mass is 16.6. The van der Waals surface area contributed by atoms with Crippen molar-refractivity contribution in [1.82, 2.24) is 10.6 Å². The fourth-order valence-electron chi connectivity index (χ4n) is 2.72. The molecule has 1 aliphatic carbocycles. The topological polar surface area (TPSA) is 63.5 Å². The van der Waals surface area contributed by atoms with Crippen molar-refractivity contribution in [2.75, 3.05) is 6.54 Å². The van der Waals surface area contributed by atoms with Crippen molar-refractivity contribution in [1.29, 1.82) is 0 Å². The average molecular weight is 294 g/mol. The Morgan fingerprint density at radius 3 is 2.90 bits per heavy atom. The van der Waals surface area contributed by atoms with Crippen LogP contribution in [0, 0.1) is 5.92 Å². The van der Waals surface area contributed by atoms with E-state index in [0.717, 1.165) is 25.1 Å². The lowest BCUT2D eigenvalue weighted by molar-refractivity contribution is 0.0517. The van der Waals surface area contributed by atoms with E-state index in [1.54, 1.807) is 6.26 Å². The van der Waals surface area contributed by atoms with Crippen LogP contribution in [-0.2, 0) is 11.3 Å². The highest BCUT2D eigenvalue weighted by Crippen LogP contribution is 2.25. The van der Waals surface area contributed by atoms with E-state index in [1.165, 1.54) is 6.42 Å². The molecule has 0 saturated heterocycles. The quantitative estimate of drug-likeness (QED) is 0.876. The van der Waals surface area contributed by atoms with Crippen molar-refractivity contribution < 1.29 is 13.9 Å². The fourth-order valence-corrected chi connectivity index (χ4v) is 2.72. The van der Waals surface area contributed by atoms with Gasteiger partial charge in [-0.25, -0.2) is 4.79 Å².